The highest BCUT2D eigenvalue weighted by Gasteiger charge is 2.33. The number of hydrogen-bond acceptors (Lipinski definition) is 7. The zero-order chi connectivity index (χ0) is 20.4. The maximum absolute atomic E-state index is 12.9. The number of amides is 1. The molecule has 1 fully saturated rings. The summed E-state index contributed by atoms with van der Waals surface area (Å²) < 4.78 is 5.66. The average Bonchev–Trinajstić information content (AvgIpc) is 2.95. The molecule has 0 aliphatic carbocycles. The third-order valence-corrected chi connectivity index (χ3v) is 5.43. The predicted octanol–water partition coefficient (Wildman–Crippen LogP) is 4.08. The SMILES string of the molecule is COc1ccc([N+](=O)[O-])cc1/C=C1/SC(=S)N(c2ccc(N(C)C)cc2)C1=O. The minimum atomic E-state index is -0.492. The van der Waals surface area contributed by atoms with Crippen molar-refractivity contribution in [2.75, 3.05) is 31.0 Å². The van der Waals surface area contributed by atoms with Crippen molar-refractivity contribution in [2.24, 2.45) is 0 Å². The fourth-order valence-electron chi connectivity index (χ4n) is 2.68. The van der Waals surface area contributed by atoms with Crippen LogP contribution in [0.4, 0.5) is 17.1 Å². The molecule has 9 heteroatoms. The molecule has 2 aromatic rings. The Balaban J connectivity index is 1.95. The molecule has 1 heterocycles. The lowest BCUT2D eigenvalue weighted by atomic mass is 10.1. The molecule has 7 nitrogen and oxygen atoms in total. The molecule has 0 bridgehead atoms. The number of methoxy groups -OCH3 is 1. The molecule has 0 unspecified atom stereocenters. The third kappa shape index (κ3) is 3.85. The van der Waals surface area contributed by atoms with E-state index in [1.54, 1.807) is 6.08 Å². The van der Waals surface area contributed by atoms with Crippen molar-refractivity contribution in [2.45, 2.75) is 0 Å². The molecule has 144 valence electrons. The zero-order valence-electron chi connectivity index (χ0n) is 15.4. The molecule has 0 radical (unpaired) electrons. The van der Waals surface area contributed by atoms with Crippen LogP contribution in [0.2, 0.25) is 0 Å². The van der Waals surface area contributed by atoms with Gasteiger partial charge in [0, 0.05) is 37.5 Å². The lowest BCUT2D eigenvalue weighted by Gasteiger charge is -2.17. The Morgan fingerprint density at radius 2 is 1.89 bits per heavy atom. The number of anilines is 2. The van der Waals surface area contributed by atoms with Crippen molar-refractivity contribution in [1.29, 1.82) is 0 Å². The van der Waals surface area contributed by atoms with E-state index < -0.39 is 4.92 Å². The van der Waals surface area contributed by atoms with Crippen LogP contribution < -0.4 is 14.5 Å². The minimum Gasteiger partial charge on any atom is -0.496 e. The number of carbonyl (C=O) groups is 1. The zero-order valence-corrected chi connectivity index (χ0v) is 17.0. The molecule has 1 amide bonds. The van der Waals surface area contributed by atoms with Gasteiger partial charge in [0.05, 0.1) is 22.6 Å². The maximum atomic E-state index is 12.9. The summed E-state index contributed by atoms with van der Waals surface area (Å²) in [6, 6.07) is 11.7. The Morgan fingerprint density at radius 3 is 2.46 bits per heavy atom. The van der Waals surface area contributed by atoms with Crippen LogP contribution in [0.1, 0.15) is 5.56 Å². The molecule has 1 aliphatic heterocycles. The first-order valence-electron chi connectivity index (χ1n) is 8.19. The van der Waals surface area contributed by atoms with Gasteiger partial charge in [0.15, 0.2) is 4.32 Å². The number of thioether (sulfide) groups is 1. The molecule has 0 spiro atoms. The number of carbonyl (C=O) groups excluding carboxylic acids is 1. The average molecular weight is 415 g/mol. The van der Waals surface area contributed by atoms with E-state index in [2.05, 4.69) is 0 Å². The van der Waals surface area contributed by atoms with Crippen molar-refractivity contribution in [3.8, 4) is 5.75 Å². The Hall–Kier alpha value is -2.91. The number of nitro groups is 1. The number of rotatable bonds is 5. The van der Waals surface area contributed by atoms with E-state index in [1.165, 1.54) is 30.2 Å². The highest BCUT2D eigenvalue weighted by atomic mass is 32.2. The number of hydrogen-bond donors (Lipinski definition) is 0. The maximum Gasteiger partial charge on any atom is 0.270 e. The summed E-state index contributed by atoms with van der Waals surface area (Å²) in [6.07, 6.45) is 1.57. The van der Waals surface area contributed by atoms with Gasteiger partial charge in [-0.1, -0.05) is 24.0 Å². The Kier molecular flexibility index (Phi) is 5.66. The van der Waals surface area contributed by atoms with Gasteiger partial charge in [0.2, 0.25) is 0 Å². The second kappa shape index (κ2) is 7.99. The second-order valence-electron chi connectivity index (χ2n) is 6.11. The lowest BCUT2D eigenvalue weighted by molar-refractivity contribution is -0.384. The van der Waals surface area contributed by atoms with Crippen LogP contribution in [0.15, 0.2) is 47.4 Å². The Bertz CT molecular complexity index is 987. The van der Waals surface area contributed by atoms with Gasteiger partial charge in [-0.15, -0.1) is 0 Å². The number of ether oxygens (including phenoxy) is 1. The van der Waals surface area contributed by atoms with Gasteiger partial charge in [-0.05, 0) is 36.4 Å². The lowest BCUT2D eigenvalue weighted by Crippen LogP contribution is -2.27. The summed E-state index contributed by atoms with van der Waals surface area (Å²) in [5.41, 5.74) is 2.04. The van der Waals surface area contributed by atoms with Gasteiger partial charge in [0.1, 0.15) is 5.75 Å². The van der Waals surface area contributed by atoms with Gasteiger partial charge in [0.25, 0.3) is 11.6 Å². The van der Waals surface area contributed by atoms with E-state index in [0.717, 1.165) is 17.4 Å². The van der Waals surface area contributed by atoms with Crippen LogP contribution in [0.5, 0.6) is 5.75 Å². The topological polar surface area (TPSA) is 75.9 Å². The largest absolute Gasteiger partial charge is 0.496 e. The van der Waals surface area contributed by atoms with Gasteiger partial charge >= 0.3 is 0 Å². The number of non-ortho nitro benzene ring substituents is 1. The Labute approximate surface area is 171 Å². The predicted molar refractivity (Wildman–Crippen MR) is 116 cm³/mol. The van der Waals surface area contributed by atoms with Crippen molar-refractivity contribution in [3.63, 3.8) is 0 Å². The first-order chi connectivity index (χ1) is 13.3. The highest BCUT2D eigenvalue weighted by Crippen LogP contribution is 2.38. The van der Waals surface area contributed by atoms with Crippen LogP contribution in [0.25, 0.3) is 6.08 Å². The van der Waals surface area contributed by atoms with E-state index in [4.69, 9.17) is 17.0 Å². The van der Waals surface area contributed by atoms with Crippen LogP contribution in [0, 0.1) is 10.1 Å². The van der Waals surface area contributed by atoms with Crippen molar-refractivity contribution in [1.82, 2.24) is 0 Å². The third-order valence-electron chi connectivity index (χ3n) is 4.13. The molecule has 0 saturated carbocycles. The van der Waals surface area contributed by atoms with Gasteiger partial charge in [-0.3, -0.25) is 19.8 Å². The van der Waals surface area contributed by atoms with Crippen LogP contribution in [-0.4, -0.2) is 36.4 Å². The van der Waals surface area contributed by atoms with Crippen molar-refractivity contribution >= 4 is 57.3 Å². The Morgan fingerprint density at radius 1 is 1.21 bits per heavy atom. The second-order valence-corrected chi connectivity index (χ2v) is 7.79. The smallest absolute Gasteiger partial charge is 0.270 e. The van der Waals surface area contributed by atoms with Gasteiger partial charge < -0.3 is 9.64 Å². The number of nitro benzene ring substituents is 1. The standard InChI is InChI=1S/C19H17N3O4S2/c1-20(2)13-4-6-14(7-5-13)21-18(23)17(28-19(21)27)11-12-10-15(22(24)25)8-9-16(12)26-3/h4-11H,1-3H3/b17-11+. The number of thiocarbonyl (C=S) groups is 1. The highest BCUT2D eigenvalue weighted by molar-refractivity contribution is 8.27. The van der Waals surface area contributed by atoms with E-state index in [9.17, 15) is 14.9 Å². The fraction of sp³-hybridized carbons (Fsp3) is 0.158. The summed E-state index contributed by atoms with van der Waals surface area (Å²) in [4.78, 5) is 27.3. The number of nitrogens with zero attached hydrogens (tertiary/aromatic N) is 3. The summed E-state index contributed by atoms with van der Waals surface area (Å²) in [5.74, 6) is 0.160. The number of benzene rings is 2. The van der Waals surface area contributed by atoms with Crippen LogP contribution in [-0.2, 0) is 4.79 Å². The molecule has 0 N–H and O–H groups in total. The van der Waals surface area contributed by atoms with E-state index in [-0.39, 0.29) is 11.6 Å². The van der Waals surface area contributed by atoms with Crippen molar-refractivity contribution in [3.05, 3.63) is 63.0 Å². The van der Waals surface area contributed by atoms with E-state index in [1.807, 2.05) is 43.3 Å². The van der Waals surface area contributed by atoms with Crippen molar-refractivity contribution < 1.29 is 14.5 Å². The van der Waals surface area contributed by atoms with Gasteiger partial charge in [-0.2, -0.15) is 0 Å². The molecule has 0 aromatic heterocycles. The summed E-state index contributed by atoms with van der Waals surface area (Å²) >= 11 is 6.53. The minimum absolute atomic E-state index is 0.0817. The summed E-state index contributed by atoms with van der Waals surface area (Å²) in [5, 5.41) is 11.1. The van der Waals surface area contributed by atoms with E-state index >= 15 is 0 Å². The molecular weight excluding hydrogens is 398 g/mol. The molecule has 2 aromatic carbocycles. The molecule has 1 aliphatic rings. The first-order valence-corrected chi connectivity index (χ1v) is 9.42. The van der Waals surface area contributed by atoms with Crippen LogP contribution in [0.3, 0.4) is 0 Å². The summed E-state index contributed by atoms with van der Waals surface area (Å²) in [6.45, 7) is 0. The fourth-order valence-corrected chi connectivity index (χ4v) is 3.97. The van der Waals surface area contributed by atoms with E-state index in [0.29, 0.717) is 26.2 Å². The normalized spacial score (nSPS) is 15.2. The molecular formula is C19H17N3O4S2. The first kappa shape index (κ1) is 19.8. The molecule has 28 heavy (non-hydrogen) atoms. The monoisotopic (exact) mass is 415 g/mol. The summed E-state index contributed by atoms with van der Waals surface area (Å²) in [7, 11) is 5.34. The van der Waals surface area contributed by atoms with Gasteiger partial charge in [-0.25, -0.2) is 0 Å². The quantitative estimate of drug-likeness (QED) is 0.315. The molecule has 3 rings (SSSR count). The molecule has 1 saturated heterocycles. The molecule has 0 atom stereocenters. The van der Waals surface area contributed by atoms with Crippen LogP contribution >= 0.6 is 24.0 Å².